The van der Waals surface area contributed by atoms with Crippen LogP contribution in [0.2, 0.25) is 0 Å². The Hall–Kier alpha value is -8.66. The fourth-order valence-electron chi connectivity index (χ4n) is 7.58. The van der Waals surface area contributed by atoms with Crippen molar-refractivity contribution in [1.29, 1.82) is 0 Å². The van der Waals surface area contributed by atoms with Gasteiger partial charge in [0.05, 0.1) is 66.6 Å². The Morgan fingerprint density at radius 1 is 0.500 bits per heavy atom. The van der Waals surface area contributed by atoms with E-state index < -0.39 is 189 Å². The lowest BCUT2D eigenvalue weighted by Crippen LogP contribution is -2.12. The molecule has 0 saturated heterocycles. The van der Waals surface area contributed by atoms with E-state index in [4.69, 9.17) is 17.2 Å². The Balaban J connectivity index is 1.04. The minimum Gasteiger partial charge on any atom is -0.505 e. The Labute approximate surface area is 486 Å². The zero-order valence-corrected chi connectivity index (χ0v) is 48.8. The predicted octanol–water partition coefficient (Wildman–Crippen LogP) is 7.15. The average molecular weight is 1340 g/mol. The quantitative estimate of drug-likeness (QED) is 0.0189. The van der Waals surface area contributed by atoms with E-state index in [2.05, 4.69) is 56.4 Å². The molecular formula is C44H36N12O22S8. The number of rotatable bonds is 17. The minimum atomic E-state index is -5.44. The van der Waals surface area contributed by atoms with Crippen LogP contribution in [-0.2, 0) is 84.5 Å². The normalized spacial score (nSPS) is 15.1. The van der Waals surface area contributed by atoms with E-state index in [1.54, 1.807) is 0 Å². The lowest BCUT2D eigenvalue weighted by Gasteiger charge is -2.14. The number of azo groups is 4. The monoisotopic (exact) mass is 1340 g/mol. The molecule has 34 nitrogen and oxygen atoms in total. The average Bonchev–Trinajstić information content (AvgIpc) is 1.05. The summed E-state index contributed by atoms with van der Waals surface area (Å²) in [5, 5.41) is 41.2. The zero-order chi connectivity index (χ0) is 63.5. The molecule has 1 heterocycles. The Morgan fingerprint density at radius 3 is 1.49 bits per heavy atom. The SMILES string of the molecule is C=CS(=O)(=O)c1ccc(N=Nc2c(S(=O)(=O)O)cc3cc(S(=O)(=O)O)c(N=Nc4ccc(S(=O)(=O)Nc5ccc(N=Nc6cc(S(=O)(=O)O)c(N)c(N=Nc7cc8c(cc7S(=O)(=O)O)S(=O)(=O)OCCS8(=O)=O)c6N)cc5)cc4)c(O)c3c2N)cc1. The van der Waals surface area contributed by atoms with E-state index in [-0.39, 0.29) is 33.7 Å². The largest absolute Gasteiger partial charge is 0.505 e. The third-order valence-corrected chi connectivity index (χ3v) is 21.1. The topological polar surface area (TPSA) is 572 Å². The maximum absolute atomic E-state index is 13.5. The third-order valence-electron chi connectivity index (χ3n) is 11.7. The van der Waals surface area contributed by atoms with Crippen molar-refractivity contribution in [1.82, 2.24) is 0 Å². The van der Waals surface area contributed by atoms with Crippen molar-refractivity contribution in [3.05, 3.63) is 115 Å². The molecule has 0 bridgehead atoms. The number of nitrogen functional groups attached to an aromatic ring is 3. The van der Waals surface area contributed by atoms with E-state index in [0.29, 0.717) is 29.7 Å². The number of hydrogen-bond donors (Lipinski definition) is 9. The van der Waals surface area contributed by atoms with Gasteiger partial charge >= 0.3 is 0 Å². The highest BCUT2D eigenvalue weighted by molar-refractivity contribution is 7.94. The predicted molar refractivity (Wildman–Crippen MR) is 300 cm³/mol. The molecule has 0 saturated carbocycles. The molecule has 0 aromatic heterocycles. The number of nitrogens with two attached hydrogens (primary N) is 3. The molecule has 86 heavy (non-hydrogen) atoms. The van der Waals surface area contributed by atoms with Crippen molar-refractivity contribution in [3.8, 4) is 5.75 Å². The summed E-state index contributed by atoms with van der Waals surface area (Å²) >= 11 is 0. The van der Waals surface area contributed by atoms with Crippen LogP contribution in [0.1, 0.15) is 0 Å². The molecule has 0 radical (unpaired) electrons. The highest BCUT2D eigenvalue weighted by atomic mass is 32.2. The van der Waals surface area contributed by atoms with Crippen molar-refractivity contribution in [2.24, 2.45) is 40.9 Å². The number of sulfone groups is 2. The first-order valence-corrected chi connectivity index (χ1v) is 34.5. The van der Waals surface area contributed by atoms with Gasteiger partial charge in [-0.15, -0.1) is 25.6 Å². The molecule has 12 N–H and O–H groups in total. The van der Waals surface area contributed by atoms with E-state index in [0.717, 1.165) is 36.4 Å². The number of phenols is 1. The highest BCUT2D eigenvalue weighted by Gasteiger charge is 2.36. The molecule has 7 aromatic carbocycles. The lowest BCUT2D eigenvalue weighted by atomic mass is 10.1. The van der Waals surface area contributed by atoms with Gasteiger partial charge in [0.1, 0.15) is 52.9 Å². The number of benzene rings is 7. The molecule has 0 atom stereocenters. The van der Waals surface area contributed by atoms with E-state index in [1.165, 1.54) is 36.4 Å². The van der Waals surface area contributed by atoms with Crippen LogP contribution in [0.25, 0.3) is 10.8 Å². The highest BCUT2D eigenvalue weighted by Crippen LogP contribution is 2.49. The number of hydrogen-bond acceptors (Lipinski definition) is 29. The summed E-state index contributed by atoms with van der Waals surface area (Å²) in [4.78, 5) is -7.38. The molecule has 42 heteroatoms. The standard InChI is InChI=1S/C44H36N12O22S8/c1-2-79(58,59)27-11-7-24(8-12-27)49-53-41-35(84(70,71)72)17-22-18-36(85(73,74)75)42(44(57)37(22)40(41)47)54-50-25-9-13-28(14-10-25)81(62,63)56-26-5-3-23(4-6-26)48-52-30-20-34(83(67,68)69)39(46)43(38(30)45)55-51-29-19-32-33(21-31(29)82(64,65)66)86(76,77)78-15-16-80(32,60)61/h2-14,17-21,56-57H,1,15-16,45-47H2,(H,64,65,66)(H,67,68,69)(H,70,71,72)(H,73,74,75). The van der Waals surface area contributed by atoms with Gasteiger partial charge in [-0.3, -0.25) is 27.1 Å². The summed E-state index contributed by atoms with van der Waals surface area (Å²) in [6, 6.07) is 16.1. The fourth-order valence-corrected chi connectivity index (χ4v) is 15.0. The molecule has 1 aliphatic heterocycles. The molecule has 0 unspecified atom stereocenters. The first-order chi connectivity index (χ1) is 39.7. The van der Waals surface area contributed by atoms with Crippen molar-refractivity contribution >= 4 is 159 Å². The third kappa shape index (κ3) is 13.2. The second-order valence-corrected chi connectivity index (χ2v) is 30.1. The Kier molecular flexibility index (Phi) is 16.7. The summed E-state index contributed by atoms with van der Waals surface area (Å²) in [6.07, 6.45) is 0. The first kappa shape index (κ1) is 63.4. The van der Waals surface area contributed by atoms with E-state index in [9.17, 15) is 90.7 Å². The van der Waals surface area contributed by atoms with Crippen LogP contribution in [0.5, 0.6) is 5.75 Å². The van der Waals surface area contributed by atoms with E-state index >= 15 is 0 Å². The molecular weight excluding hydrogens is 1310 g/mol. The van der Waals surface area contributed by atoms with Gasteiger partial charge in [0.2, 0.25) is 0 Å². The molecule has 0 aliphatic carbocycles. The van der Waals surface area contributed by atoms with Crippen LogP contribution in [0.3, 0.4) is 0 Å². The summed E-state index contributed by atoms with van der Waals surface area (Å²) in [5.74, 6) is -2.02. The molecule has 7 aromatic rings. The molecule has 0 amide bonds. The number of nitrogens with one attached hydrogen (secondary N) is 1. The van der Waals surface area contributed by atoms with Gasteiger partial charge in [0, 0.05) is 11.1 Å². The number of nitrogens with zero attached hydrogens (tertiary/aromatic N) is 8. The number of phenolic OH excluding ortho intramolecular Hbond substituents is 1. The van der Waals surface area contributed by atoms with Crippen LogP contribution >= 0.6 is 0 Å². The van der Waals surface area contributed by atoms with Crippen molar-refractivity contribution in [2.45, 2.75) is 39.2 Å². The fraction of sp³-hybridized carbons (Fsp3) is 0.0455. The summed E-state index contributed by atoms with van der Waals surface area (Å²) in [6.45, 7) is 2.36. The molecule has 0 fully saturated rings. The van der Waals surface area contributed by atoms with Gasteiger partial charge in [-0.05, 0) is 109 Å². The second kappa shape index (κ2) is 22.6. The minimum absolute atomic E-state index is 0.0631. The summed E-state index contributed by atoms with van der Waals surface area (Å²) < 4.78 is 249. The van der Waals surface area contributed by atoms with Crippen molar-refractivity contribution in [2.75, 3.05) is 34.3 Å². The number of fused-ring (bicyclic) bond motifs is 2. The Morgan fingerprint density at radius 2 is 0.965 bits per heavy atom. The van der Waals surface area contributed by atoms with Gasteiger partial charge in [-0.25, -0.2) is 25.3 Å². The Bertz CT molecular complexity index is 5150. The molecule has 452 valence electrons. The van der Waals surface area contributed by atoms with Crippen LogP contribution in [-0.4, -0.2) is 103 Å². The van der Waals surface area contributed by atoms with Crippen LogP contribution in [0.15, 0.2) is 195 Å². The second-order valence-electron chi connectivity index (χ2n) is 17.3. The van der Waals surface area contributed by atoms with Gasteiger partial charge in [-0.2, -0.15) is 57.4 Å². The van der Waals surface area contributed by atoms with Crippen molar-refractivity contribution < 1.29 is 94.8 Å². The molecule has 0 spiro atoms. The zero-order valence-electron chi connectivity index (χ0n) is 42.3. The molecule has 8 rings (SSSR count). The van der Waals surface area contributed by atoms with Gasteiger partial charge < -0.3 is 22.3 Å². The lowest BCUT2D eigenvalue weighted by molar-refractivity contribution is 0.340. The van der Waals surface area contributed by atoms with Gasteiger partial charge in [0.25, 0.3) is 60.6 Å². The van der Waals surface area contributed by atoms with Crippen molar-refractivity contribution in [3.63, 3.8) is 0 Å². The summed E-state index contributed by atoms with van der Waals surface area (Å²) in [7, 11) is -39.0. The maximum Gasteiger partial charge on any atom is 0.298 e. The van der Waals surface area contributed by atoms with Crippen LogP contribution in [0.4, 0.5) is 68.2 Å². The van der Waals surface area contributed by atoms with Crippen LogP contribution < -0.4 is 21.9 Å². The van der Waals surface area contributed by atoms with Crippen LogP contribution in [0, 0.1) is 0 Å². The van der Waals surface area contributed by atoms with Gasteiger partial charge in [-0.1, -0.05) is 6.58 Å². The maximum atomic E-state index is 13.5. The van der Waals surface area contributed by atoms with Gasteiger partial charge in [0.15, 0.2) is 25.4 Å². The number of aromatic hydroxyl groups is 1. The number of sulfonamides is 1. The van der Waals surface area contributed by atoms with E-state index in [1.807, 2.05) is 0 Å². The summed E-state index contributed by atoms with van der Waals surface area (Å²) in [5.41, 5.74) is 11.4. The smallest absolute Gasteiger partial charge is 0.298 e. The first-order valence-electron chi connectivity index (χ1n) is 22.7. The number of anilines is 4. The molecule has 1 aliphatic rings.